The highest BCUT2D eigenvalue weighted by Gasteiger charge is 2.53. The van der Waals surface area contributed by atoms with E-state index in [1.165, 1.54) is 122 Å². The summed E-state index contributed by atoms with van der Waals surface area (Å²) in [6, 6.07) is 0.169. The maximum absolute atomic E-state index is 13.7. The molecule has 0 radical (unpaired) electrons. The zero-order valence-corrected chi connectivity index (χ0v) is 27.0. The summed E-state index contributed by atoms with van der Waals surface area (Å²) in [5, 5.41) is 7.41. The Morgan fingerprint density at radius 3 is 1.21 bits per heavy atom. The minimum atomic E-state index is 0.0847. The second-order valence-electron chi connectivity index (χ2n) is 17.5. The van der Waals surface area contributed by atoms with Crippen molar-refractivity contribution in [3.8, 4) is 0 Å². The molecular weight excluding hydrogens is 532 g/mol. The van der Waals surface area contributed by atoms with Crippen LogP contribution in [0.4, 0.5) is 0 Å². The van der Waals surface area contributed by atoms with Crippen molar-refractivity contribution < 1.29 is 9.59 Å². The molecule has 43 heavy (non-hydrogen) atoms. The van der Waals surface area contributed by atoms with Crippen LogP contribution in [0.1, 0.15) is 135 Å². The fourth-order valence-electron chi connectivity index (χ4n) is 13.1. The molecule has 8 bridgehead atoms. The summed E-state index contributed by atoms with van der Waals surface area (Å²) in [6.45, 7) is 4.26. The van der Waals surface area contributed by atoms with E-state index in [2.05, 4.69) is 20.4 Å². The fourth-order valence-corrected chi connectivity index (χ4v) is 13.1. The van der Waals surface area contributed by atoms with Crippen LogP contribution in [0.2, 0.25) is 0 Å². The lowest BCUT2D eigenvalue weighted by Gasteiger charge is -2.57. The Morgan fingerprint density at radius 2 is 0.860 bits per heavy atom. The van der Waals surface area contributed by atoms with Crippen LogP contribution in [0.5, 0.6) is 0 Å². The molecule has 0 aromatic rings. The average Bonchev–Trinajstić information content (AvgIpc) is 2.95. The van der Waals surface area contributed by atoms with E-state index in [0.29, 0.717) is 11.8 Å². The number of likely N-dealkylation sites (tertiary alicyclic amines) is 2. The molecule has 6 heteroatoms. The largest absolute Gasteiger partial charge is 0.349 e. The minimum absolute atomic E-state index is 0.0847. The van der Waals surface area contributed by atoms with Gasteiger partial charge in [-0.25, -0.2) is 0 Å². The van der Waals surface area contributed by atoms with E-state index >= 15 is 0 Å². The fraction of sp³-hybridized carbons (Fsp3) is 0.946. The Labute approximate surface area is 261 Å². The van der Waals surface area contributed by atoms with Crippen LogP contribution in [-0.4, -0.2) is 71.0 Å². The molecule has 2 heterocycles. The second kappa shape index (κ2) is 11.9. The number of rotatable bonds is 10. The zero-order valence-electron chi connectivity index (χ0n) is 27.0. The third-order valence-electron chi connectivity index (χ3n) is 14.1. The summed E-state index contributed by atoms with van der Waals surface area (Å²) in [4.78, 5) is 32.5. The molecule has 10 rings (SSSR count). The number of piperidine rings is 2. The first kappa shape index (κ1) is 29.3. The van der Waals surface area contributed by atoms with Crippen molar-refractivity contribution in [1.82, 2.24) is 20.4 Å². The SMILES string of the molecule is O=C(NC12CC3CC(CC(C3)C1)C2)[C@@H]1CCCCN1CCCCCN1CCCC[C@H]1C(=O)NC12CC3CC(CC(C3)C1)C2. The smallest absolute Gasteiger partial charge is 0.237 e. The van der Waals surface area contributed by atoms with Gasteiger partial charge < -0.3 is 10.6 Å². The number of carbonyl (C=O) groups excluding carboxylic acids is 2. The Balaban J connectivity index is 0.801. The molecule has 0 spiro atoms. The summed E-state index contributed by atoms with van der Waals surface area (Å²) in [5.41, 5.74) is 0.254. The van der Waals surface area contributed by atoms with Crippen LogP contribution >= 0.6 is 0 Å². The monoisotopic (exact) mass is 592 g/mol. The molecule has 2 aliphatic heterocycles. The van der Waals surface area contributed by atoms with Crippen molar-refractivity contribution in [3.63, 3.8) is 0 Å². The van der Waals surface area contributed by atoms with Crippen LogP contribution in [0.3, 0.4) is 0 Å². The summed E-state index contributed by atoms with van der Waals surface area (Å²) < 4.78 is 0. The molecule has 8 aliphatic carbocycles. The first-order valence-corrected chi connectivity index (χ1v) is 19.1. The van der Waals surface area contributed by atoms with Gasteiger partial charge in [0.05, 0.1) is 12.1 Å². The number of nitrogens with one attached hydrogen (secondary N) is 2. The van der Waals surface area contributed by atoms with Gasteiger partial charge in [0.2, 0.25) is 11.8 Å². The Morgan fingerprint density at radius 1 is 0.512 bits per heavy atom. The van der Waals surface area contributed by atoms with Crippen LogP contribution in [0, 0.1) is 35.5 Å². The molecule has 10 aliphatic rings. The lowest BCUT2D eigenvalue weighted by atomic mass is 9.53. The van der Waals surface area contributed by atoms with Gasteiger partial charge in [-0.15, -0.1) is 0 Å². The third kappa shape index (κ3) is 6.07. The van der Waals surface area contributed by atoms with Crippen molar-refractivity contribution in [2.75, 3.05) is 26.2 Å². The quantitative estimate of drug-likeness (QED) is 0.304. The van der Waals surface area contributed by atoms with Gasteiger partial charge in [-0.1, -0.05) is 19.3 Å². The van der Waals surface area contributed by atoms with E-state index in [1.807, 2.05) is 0 Å². The van der Waals surface area contributed by atoms with Crippen molar-refractivity contribution in [2.24, 2.45) is 35.5 Å². The highest BCUT2D eigenvalue weighted by atomic mass is 16.2. The Kier molecular flexibility index (Phi) is 8.10. The van der Waals surface area contributed by atoms with Gasteiger partial charge in [-0.05, 0) is 177 Å². The van der Waals surface area contributed by atoms with E-state index in [-0.39, 0.29) is 23.2 Å². The van der Waals surface area contributed by atoms with Gasteiger partial charge in [0.25, 0.3) is 0 Å². The van der Waals surface area contributed by atoms with Gasteiger partial charge in [-0.2, -0.15) is 0 Å². The van der Waals surface area contributed by atoms with Crippen molar-refractivity contribution >= 4 is 11.8 Å². The van der Waals surface area contributed by atoms with Gasteiger partial charge in [0, 0.05) is 11.1 Å². The highest BCUT2D eigenvalue weighted by Crippen LogP contribution is 2.56. The van der Waals surface area contributed by atoms with Crippen molar-refractivity contribution in [2.45, 2.75) is 158 Å². The molecule has 2 N–H and O–H groups in total. The molecule has 2 amide bonds. The number of nitrogens with zero attached hydrogens (tertiary/aromatic N) is 2. The number of hydrogen-bond acceptors (Lipinski definition) is 4. The van der Waals surface area contributed by atoms with E-state index < -0.39 is 0 Å². The second-order valence-corrected chi connectivity index (χ2v) is 17.5. The first-order chi connectivity index (χ1) is 20.9. The molecule has 2 saturated heterocycles. The summed E-state index contributed by atoms with van der Waals surface area (Å²) in [6.07, 6.45) is 26.5. The topological polar surface area (TPSA) is 64.7 Å². The van der Waals surface area contributed by atoms with E-state index in [0.717, 1.165) is 74.5 Å². The Bertz CT molecular complexity index is 891. The number of hydrogen-bond donors (Lipinski definition) is 2. The van der Waals surface area contributed by atoms with Gasteiger partial charge in [0.1, 0.15) is 0 Å². The van der Waals surface area contributed by atoms with Crippen molar-refractivity contribution in [1.29, 1.82) is 0 Å². The number of amides is 2. The third-order valence-corrected chi connectivity index (χ3v) is 14.1. The molecule has 240 valence electrons. The normalized spacial score (nSPS) is 45.4. The van der Waals surface area contributed by atoms with E-state index in [4.69, 9.17) is 0 Å². The molecule has 0 unspecified atom stereocenters. The predicted octanol–water partition coefficient (Wildman–Crippen LogP) is 6.04. The average molecular weight is 593 g/mol. The molecule has 0 aromatic carbocycles. The highest BCUT2D eigenvalue weighted by molar-refractivity contribution is 5.83. The molecule has 0 aromatic heterocycles. The van der Waals surface area contributed by atoms with E-state index in [1.54, 1.807) is 0 Å². The van der Waals surface area contributed by atoms with E-state index in [9.17, 15) is 9.59 Å². The molecule has 10 fully saturated rings. The predicted molar refractivity (Wildman–Crippen MR) is 170 cm³/mol. The van der Waals surface area contributed by atoms with Crippen LogP contribution < -0.4 is 10.6 Å². The van der Waals surface area contributed by atoms with Crippen LogP contribution in [0.25, 0.3) is 0 Å². The van der Waals surface area contributed by atoms with Gasteiger partial charge in [-0.3, -0.25) is 19.4 Å². The maximum atomic E-state index is 13.7. The summed E-state index contributed by atoms with van der Waals surface area (Å²) in [5.74, 6) is 5.93. The summed E-state index contributed by atoms with van der Waals surface area (Å²) in [7, 11) is 0. The van der Waals surface area contributed by atoms with Crippen molar-refractivity contribution in [3.05, 3.63) is 0 Å². The lowest BCUT2D eigenvalue weighted by molar-refractivity contribution is -0.134. The van der Waals surface area contributed by atoms with Crippen LogP contribution in [-0.2, 0) is 9.59 Å². The number of unbranched alkanes of at least 4 members (excludes halogenated alkanes) is 2. The van der Waals surface area contributed by atoms with Crippen LogP contribution in [0.15, 0.2) is 0 Å². The Hall–Kier alpha value is -1.14. The molecule has 8 saturated carbocycles. The minimum Gasteiger partial charge on any atom is -0.349 e. The standard InChI is InChI=1S/C37H60N4O2/c42-34(38-36-20-26-14-27(21-36)16-28(15-26)22-36)32-8-2-6-12-40(32)10-4-1-5-11-41-13-7-3-9-33(41)35(43)39-37-23-29-17-30(24-37)19-31(18-29)25-37/h26-33H,1-25H2,(H,38,42)(H,39,43)/t26?,27?,28?,29?,30?,31?,32-,33-,36?,37?/m0/s1. The molecular formula is C37H60N4O2. The first-order valence-electron chi connectivity index (χ1n) is 19.1. The molecule has 2 atom stereocenters. The zero-order chi connectivity index (χ0) is 29.0. The summed E-state index contributed by atoms with van der Waals surface area (Å²) >= 11 is 0. The lowest BCUT2D eigenvalue weighted by Crippen LogP contribution is -2.63. The molecule has 6 nitrogen and oxygen atoms in total. The van der Waals surface area contributed by atoms with Gasteiger partial charge in [0.15, 0.2) is 0 Å². The van der Waals surface area contributed by atoms with Gasteiger partial charge >= 0.3 is 0 Å². The number of carbonyl (C=O) groups is 2. The maximum Gasteiger partial charge on any atom is 0.237 e.